The first kappa shape index (κ1) is 14.8. The molecule has 1 aromatic heterocycles. The minimum Gasteiger partial charge on any atom is -0.378 e. The molecule has 0 saturated heterocycles. The van der Waals surface area contributed by atoms with Gasteiger partial charge >= 0.3 is 0 Å². The van der Waals surface area contributed by atoms with Crippen LogP contribution in [0.3, 0.4) is 0 Å². The molecular formula is C19H20N4O. The Morgan fingerprint density at radius 2 is 1.92 bits per heavy atom. The quantitative estimate of drug-likeness (QED) is 0.775. The van der Waals surface area contributed by atoms with Gasteiger partial charge in [-0.25, -0.2) is 4.98 Å². The van der Waals surface area contributed by atoms with E-state index < -0.39 is 0 Å². The average Bonchev–Trinajstić information content (AvgIpc) is 3.28. The molecule has 0 radical (unpaired) electrons. The van der Waals surface area contributed by atoms with Gasteiger partial charge in [0.25, 0.3) is 0 Å². The van der Waals surface area contributed by atoms with Gasteiger partial charge in [0.05, 0.1) is 11.0 Å². The van der Waals surface area contributed by atoms with Gasteiger partial charge in [-0.1, -0.05) is 24.3 Å². The van der Waals surface area contributed by atoms with Crippen molar-refractivity contribution in [2.45, 2.75) is 12.3 Å². The summed E-state index contributed by atoms with van der Waals surface area (Å²) in [5.74, 6) is 0.902. The van der Waals surface area contributed by atoms with Crippen LogP contribution in [0.2, 0.25) is 0 Å². The molecule has 5 nitrogen and oxygen atoms in total. The number of rotatable bonds is 4. The number of fused-ring (bicyclic) bond motifs is 1. The van der Waals surface area contributed by atoms with E-state index in [-0.39, 0.29) is 11.8 Å². The van der Waals surface area contributed by atoms with Crippen LogP contribution in [0.4, 0.5) is 11.6 Å². The summed E-state index contributed by atoms with van der Waals surface area (Å²) >= 11 is 0. The van der Waals surface area contributed by atoms with Crippen LogP contribution in [0, 0.1) is 5.92 Å². The van der Waals surface area contributed by atoms with Crippen LogP contribution in [0.1, 0.15) is 17.9 Å². The summed E-state index contributed by atoms with van der Waals surface area (Å²) in [6, 6.07) is 16.2. The third-order valence-corrected chi connectivity index (χ3v) is 4.60. The Bertz CT molecular complexity index is 849. The zero-order chi connectivity index (χ0) is 16.7. The van der Waals surface area contributed by atoms with Crippen LogP contribution < -0.4 is 10.2 Å². The molecule has 2 unspecified atom stereocenters. The maximum Gasteiger partial charge on any atom is 0.230 e. The third kappa shape index (κ3) is 2.73. The maximum absolute atomic E-state index is 12.4. The monoisotopic (exact) mass is 320 g/mol. The Morgan fingerprint density at radius 3 is 2.62 bits per heavy atom. The molecule has 1 amide bonds. The molecule has 1 heterocycles. The summed E-state index contributed by atoms with van der Waals surface area (Å²) in [6.45, 7) is 0. The molecule has 5 heteroatoms. The highest BCUT2D eigenvalue weighted by molar-refractivity contribution is 5.95. The molecule has 2 aromatic carbocycles. The molecule has 1 fully saturated rings. The number of hydrogen-bond donors (Lipinski definition) is 2. The predicted molar refractivity (Wildman–Crippen MR) is 96.3 cm³/mol. The smallest absolute Gasteiger partial charge is 0.230 e. The van der Waals surface area contributed by atoms with Gasteiger partial charge in [-0.05, 0) is 42.2 Å². The molecule has 2 N–H and O–H groups in total. The van der Waals surface area contributed by atoms with Gasteiger partial charge in [-0.3, -0.25) is 10.1 Å². The average molecular weight is 320 g/mol. The number of amides is 1. The van der Waals surface area contributed by atoms with Gasteiger partial charge in [0.1, 0.15) is 0 Å². The number of nitrogens with zero attached hydrogens (tertiary/aromatic N) is 2. The van der Waals surface area contributed by atoms with Crippen molar-refractivity contribution in [2.24, 2.45) is 5.92 Å². The third-order valence-electron chi connectivity index (χ3n) is 4.60. The second-order valence-electron chi connectivity index (χ2n) is 6.53. The standard InChI is InChI=1S/C19H20N4O/c1-23(2)13-9-7-12(8-10-13)14-11-15(14)18(24)22-19-20-16-5-3-4-6-17(16)21-19/h3-10,14-15H,11H2,1-2H3,(H2,20,21,22,24). The number of para-hydroxylation sites is 2. The van der Waals surface area contributed by atoms with E-state index in [1.807, 2.05) is 38.4 Å². The molecule has 1 saturated carbocycles. The van der Waals surface area contributed by atoms with Gasteiger partial charge in [-0.15, -0.1) is 0 Å². The molecule has 3 aromatic rings. The number of carbonyl (C=O) groups is 1. The molecule has 4 rings (SSSR count). The minimum atomic E-state index is 0.0309. The van der Waals surface area contributed by atoms with Crippen molar-refractivity contribution in [1.82, 2.24) is 9.97 Å². The summed E-state index contributed by atoms with van der Waals surface area (Å²) in [5, 5.41) is 2.91. The van der Waals surface area contributed by atoms with Crippen LogP contribution in [0.15, 0.2) is 48.5 Å². The number of aromatic nitrogens is 2. The van der Waals surface area contributed by atoms with Crippen LogP contribution in [-0.4, -0.2) is 30.0 Å². The summed E-state index contributed by atoms with van der Waals surface area (Å²) < 4.78 is 0. The van der Waals surface area contributed by atoms with E-state index in [0.29, 0.717) is 11.9 Å². The molecule has 0 aliphatic heterocycles. The van der Waals surface area contributed by atoms with Gasteiger partial charge in [0, 0.05) is 25.7 Å². The number of imidazole rings is 1. The fraction of sp³-hybridized carbons (Fsp3) is 0.263. The molecular weight excluding hydrogens is 300 g/mol. The lowest BCUT2D eigenvalue weighted by Crippen LogP contribution is -2.15. The molecule has 122 valence electrons. The van der Waals surface area contributed by atoms with Crippen molar-refractivity contribution in [3.05, 3.63) is 54.1 Å². The van der Waals surface area contributed by atoms with Crippen molar-refractivity contribution in [2.75, 3.05) is 24.3 Å². The van der Waals surface area contributed by atoms with E-state index >= 15 is 0 Å². The fourth-order valence-electron chi connectivity index (χ4n) is 3.09. The molecule has 0 bridgehead atoms. The van der Waals surface area contributed by atoms with Crippen molar-refractivity contribution in [1.29, 1.82) is 0 Å². The zero-order valence-electron chi connectivity index (χ0n) is 13.8. The first-order valence-corrected chi connectivity index (χ1v) is 8.15. The number of aromatic amines is 1. The second kappa shape index (κ2) is 5.67. The molecule has 24 heavy (non-hydrogen) atoms. The van der Waals surface area contributed by atoms with Gasteiger partial charge in [0.15, 0.2) is 0 Å². The number of hydrogen-bond acceptors (Lipinski definition) is 3. The van der Waals surface area contributed by atoms with Crippen LogP contribution >= 0.6 is 0 Å². The van der Waals surface area contributed by atoms with Crippen molar-refractivity contribution in [3.63, 3.8) is 0 Å². The lowest BCUT2D eigenvalue weighted by atomic mass is 10.1. The SMILES string of the molecule is CN(C)c1ccc(C2CC2C(=O)Nc2nc3ccccc3[nH]2)cc1. The van der Waals surface area contributed by atoms with E-state index in [2.05, 4.69) is 44.5 Å². The number of carbonyl (C=O) groups excluding carboxylic acids is 1. The zero-order valence-corrected chi connectivity index (χ0v) is 13.8. The highest BCUT2D eigenvalue weighted by Crippen LogP contribution is 2.48. The number of H-pyrrole nitrogens is 1. The number of anilines is 2. The lowest BCUT2D eigenvalue weighted by molar-refractivity contribution is -0.117. The molecule has 1 aliphatic carbocycles. The number of nitrogens with one attached hydrogen (secondary N) is 2. The van der Waals surface area contributed by atoms with Gasteiger partial charge < -0.3 is 9.88 Å². The summed E-state index contributed by atoms with van der Waals surface area (Å²) in [4.78, 5) is 22.0. The maximum atomic E-state index is 12.4. The van der Waals surface area contributed by atoms with Gasteiger partial charge in [0.2, 0.25) is 11.9 Å². The largest absolute Gasteiger partial charge is 0.378 e. The summed E-state index contributed by atoms with van der Waals surface area (Å²) in [6.07, 6.45) is 0.896. The fourth-order valence-corrected chi connectivity index (χ4v) is 3.09. The normalized spacial score (nSPS) is 19.2. The lowest BCUT2D eigenvalue weighted by Gasteiger charge is -2.12. The first-order chi connectivity index (χ1) is 11.6. The Balaban J connectivity index is 1.43. The van der Waals surface area contributed by atoms with Crippen LogP contribution in [0.25, 0.3) is 11.0 Å². The van der Waals surface area contributed by atoms with Crippen LogP contribution in [0.5, 0.6) is 0 Å². The summed E-state index contributed by atoms with van der Waals surface area (Å²) in [5.41, 5.74) is 4.19. The Morgan fingerprint density at radius 1 is 1.17 bits per heavy atom. The molecule has 2 atom stereocenters. The number of benzene rings is 2. The first-order valence-electron chi connectivity index (χ1n) is 8.15. The summed E-state index contributed by atoms with van der Waals surface area (Å²) in [7, 11) is 4.05. The van der Waals surface area contributed by atoms with Gasteiger partial charge in [-0.2, -0.15) is 0 Å². The second-order valence-corrected chi connectivity index (χ2v) is 6.53. The highest BCUT2D eigenvalue weighted by atomic mass is 16.2. The topological polar surface area (TPSA) is 61.0 Å². The Kier molecular flexibility index (Phi) is 3.49. The van der Waals surface area contributed by atoms with E-state index in [1.165, 1.54) is 11.3 Å². The highest BCUT2D eigenvalue weighted by Gasteiger charge is 2.44. The van der Waals surface area contributed by atoms with Crippen molar-refractivity contribution >= 4 is 28.6 Å². The van der Waals surface area contributed by atoms with E-state index in [4.69, 9.17) is 0 Å². The van der Waals surface area contributed by atoms with Crippen molar-refractivity contribution in [3.8, 4) is 0 Å². The molecule has 1 aliphatic rings. The van der Waals surface area contributed by atoms with Crippen LogP contribution in [-0.2, 0) is 4.79 Å². The van der Waals surface area contributed by atoms with Crippen molar-refractivity contribution < 1.29 is 4.79 Å². The Labute approximate surface area is 140 Å². The minimum absolute atomic E-state index is 0.0309. The predicted octanol–water partition coefficient (Wildman–Crippen LogP) is 3.37. The van der Waals surface area contributed by atoms with E-state index in [0.717, 1.165) is 17.5 Å². The Hall–Kier alpha value is -2.82. The molecule has 0 spiro atoms. The van der Waals surface area contributed by atoms with E-state index in [1.54, 1.807) is 0 Å². The van der Waals surface area contributed by atoms with E-state index in [9.17, 15) is 4.79 Å².